The second-order valence-electron chi connectivity index (χ2n) is 7.82. The monoisotopic (exact) mass is 442 g/mol. The number of aromatic amines is 1. The average molecular weight is 443 g/mol. The van der Waals surface area contributed by atoms with Crippen molar-refractivity contribution in [1.82, 2.24) is 14.2 Å². The van der Waals surface area contributed by atoms with Gasteiger partial charge in [0.05, 0.1) is 10.4 Å². The highest BCUT2D eigenvalue weighted by molar-refractivity contribution is 7.89. The second-order valence-corrected chi connectivity index (χ2v) is 9.76. The molecule has 31 heavy (non-hydrogen) atoms. The van der Waals surface area contributed by atoms with Crippen molar-refractivity contribution in [3.8, 4) is 17.0 Å². The van der Waals surface area contributed by atoms with Gasteiger partial charge >= 0.3 is 0 Å². The summed E-state index contributed by atoms with van der Waals surface area (Å²) in [5.41, 5.74) is 4.64. The standard InChI is InChI=1S/C22H26N4O4S/c1-4-26(5-2)31(29,30)15-8-6-14(7-9-15)17-12-18-20(23-22(27)21(18)24-28)19-13-25(3)11-10-16(17)19/h6-9,12,23,27H,4-5,10-11,13H2,1-3H3. The Kier molecular flexibility index (Phi) is 5.59. The Labute approximate surface area is 181 Å². The Morgan fingerprint density at radius 1 is 1.16 bits per heavy atom. The van der Waals surface area contributed by atoms with E-state index >= 15 is 0 Å². The van der Waals surface area contributed by atoms with E-state index in [1.807, 2.05) is 27.0 Å². The van der Waals surface area contributed by atoms with Gasteiger partial charge in [0, 0.05) is 31.6 Å². The Morgan fingerprint density at radius 3 is 2.45 bits per heavy atom. The van der Waals surface area contributed by atoms with Crippen molar-refractivity contribution in [1.29, 1.82) is 0 Å². The van der Waals surface area contributed by atoms with Gasteiger partial charge in [0.1, 0.15) is 0 Å². The van der Waals surface area contributed by atoms with Crippen LogP contribution in [0.25, 0.3) is 22.0 Å². The summed E-state index contributed by atoms with van der Waals surface area (Å²) in [6.45, 7) is 6.02. The van der Waals surface area contributed by atoms with E-state index in [2.05, 4.69) is 15.1 Å². The van der Waals surface area contributed by atoms with Gasteiger partial charge in [-0.25, -0.2) is 8.42 Å². The minimum atomic E-state index is -3.53. The van der Waals surface area contributed by atoms with Crippen molar-refractivity contribution in [3.63, 3.8) is 0 Å². The first-order valence-electron chi connectivity index (χ1n) is 10.3. The highest BCUT2D eigenvalue weighted by atomic mass is 32.2. The molecule has 0 bridgehead atoms. The van der Waals surface area contributed by atoms with Gasteiger partial charge < -0.3 is 15.0 Å². The molecule has 1 aliphatic heterocycles. The fourth-order valence-corrected chi connectivity index (χ4v) is 5.85. The van der Waals surface area contributed by atoms with Crippen LogP contribution in [0.3, 0.4) is 0 Å². The summed E-state index contributed by atoms with van der Waals surface area (Å²) in [6.07, 6.45) is 0.806. The Morgan fingerprint density at radius 2 is 1.84 bits per heavy atom. The third kappa shape index (κ3) is 3.52. The predicted octanol–water partition coefficient (Wildman–Crippen LogP) is 3.96. The van der Waals surface area contributed by atoms with E-state index < -0.39 is 10.0 Å². The summed E-state index contributed by atoms with van der Waals surface area (Å²) >= 11 is 0. The third-order valence-electron chi connectivity index (χ3n) is 6.04. The quantitative estimate of drug-likeness (QED) is 0.562. The molecule has 1 aliphatic rings. The molecule has 1 aromatic heterocycles. The molecule has 4 rings (SSSR count). The first kappa shape index (κ1) is 21.5. The van der Waals surface area contributed by atoms with Crippen LogP contribution < -0.4 is 0 Å². The largest absolute Gasteiger partial charge is 0.493 e. The van der Waals surface area contributed by atoms with Crippen molar-refractivity contribution in [2.24, 2.45) is 5.18 Å². The van der Waals surface area contributed by atoms with Crippen LogP contribution in [-0.4, -0.2) is 54.4 Å². The highest BCUT2D eigenvalue weighted by Gasteiger charge is 2.25. The van der Waals surface area contributed by atoms with Crippen molar-refractivity contribution in [3.05, 3.63) is 46.4 Å². The molecule has 2 heterocycles. The lowest BCUT2D eigenvalue weighted by Gasteiger charge is -2.27. The van der Waals surface area contributed by atoms with Gasteiger partial charge in [-0.15, -0.1) is 4.91 Å². The molecule has 0 saturated heterocycles. The van der Waals surface area contributed by atoms with E-state index in [-0.39, 0.29) is 16.5 Å². The molecule has 0 aliphatic carbocycles. The van der Waals surface area contributed by atoms with Gasteiger partial charge in [0.25, 0.3) is 0 Å². The van der Waals surface area contributed by atoms with Gasteiger partial charge in [-0.05, 0) is 59.1 Å². The van der Waals surface area contributed by atoms with Gasteiger partial charge in [-0.2, -0.15) is 4.31 Å². The Balaban J connectivity index is 1.88. The predicted molar refractivity (Wildman–Crippen MR) is 121 cm³/mol. The Bertz CT molecular complexity index is 1240. The molecule has 0 unspecified atom stereocenters. The first-order chi connectivity index (χ1) is 14.8. The number of nitroso groups, excluding NO2 is 1. The molecule has 9 heteroatoms. The maximum Gasteiger partial charge on any atom is 0.243 e. The van der Waals surface area contributed by atoms with Crippen molar-refractivity contribution < 1.29 is 13.5 Å². The fourth-order valence-electron chi connectivity index (χ4n) is 4.40. The van der Waals surface area contributed by atoms with Crippen molar-refractivity contribution in [2.45, 2.75) is 31.7 Å². The number of aromatic nitrogens is 1. The molecule has 3 aromatic rings. The zero-order chi connectivity index (χ0) is 22.3. The number of aromatic hydroxyl groups is 1. The summed E-state index contributed by atoms with van der Waals surface area (Å²) < 4.78 is 27.1. The van der Waals surface area contributed by atoms with E-state index in [0.717, 1.165) is 40.7 Å². The summed E-state index contributed by atoms with van der Waals surface area (Å²) in [4.78, 5) is 16.7. The zero-order valence-corrected chi connectivity index (χ0v) is 18.7. The Hall–Kier alpha value is -2.75. The van der Waals surface area contributed by atoms with Gasteiger partial charge in [-0.3, -0.25) is 0 Å². The molecular formula is C22H26N4O4S. The minimum absolute atomic E-state index is 0.00647. The molecule has 0 saturated carbocycles. The smallest absolute Gasteiger partial charge is 0.243 e. The fraction of sp³-hybridized carbons (Fsp3) is 0.364. The normalized spacial score (nSPS) is 14.8. The molecule has 0 fully saturated rings. The molecule has 8 nitrogen and oxygen atoms in total. The van der Waals surface area contributed by atoms with Gasteiger partial charge in [-0.1, -0.05) is 26.0 Å². The number of H-pyrrole nitrogens is 1. The summed E-state index contributed by atoms with van der Waals surface area (Å²) in [5.74, 6) is -0.238. The van der Waals surface area contributed by atoms with E-state index in [4.69, 9.17) is 0 Å². The number of rotatable bonds is 6. The number of hydrogen-bond acceptors (Lipinski definition) is 6. The second kappa shape index (κ2) is 8.07. The lowest BCUT2D eigenvalue weighted by Crippen LogP contribution is -2.30. The lowest BCUT2D eigenvalue weighted by molar-refractivity contribution is 0.314. The SMILES string of the molecule is CCN(CC)S(=O)(=O)c1ccc(-c2cc3c(N=O)c(O)[nH]c3c3c2CCN(C)C3)cc1. The number of likely N-dealkylation sites (N-methyl/N-ethyl adjacent to an activating group) is 1. The summed E-state index contributed by atoms with van der Waals surface area (Å²) in [6, 6.07) is 8.72. The number of nitrogens with zero attached hydrogens (tertiary/aromatic N) is 3. The van der Waals surface area contributed by atoms with Gasteiger partial charge in [0.2, 0.25) is 15.9 Å². The molecule has 0 atom stereocenters. The molecule has 0 amide bonds. The van der Waals surface area contributed by atoms with Crippen LogP contribution in [-0.2, 0) is 23.0 Å². The number of sulfonamides is 1. The molecule has 0 radical (unpaired) electrons. The number of nitrogens with one attached hydrogen (secondary N) is 1. The van der Waals surface area contributed by atoms with Gasteiger partial charge in [0.15, 0.2) is 5.69 Å². The van der Waals surface area contributed by atoms with E-state index in [1.54, 1.807) is 24.3 Å². The zero-order valence-electron chi connectivity index (χ0n) is 17.8. The van der Waals surface area contributed by atoms with Crippen LogP contribution in [0, 0.1) is 4.91 Å². The van der Waals surface area contributed by atoms with Crippen LogP contribution in [0.4, 0.5) is 5.69 Å². The lowest BCUT2D eigenvalue weighted by atomic mass is 9.89. The molecular weight excluding hydrogens is 416 g/mol. The third-order valence-corrected chi connectivity index (χ3v) is 8.11. The number of benzene rings is 2. The summed E-state index contributed by atoms with van der Waals surface area (Å²) in [7, 11) is -1.51. The maximum absolute atomic E-state index is 12.8. The number of fused-ring (bicyclic) bond motifs is 3. The summed E-state index contributed by atoms with van der Waals surface area (Å²) in [5, 5.41) is 13.7. The minimum Gasteiger partial charge on any atom is -0.493 e. The van der Waals surface area contributed by atoms with Crippen LogP contribution in [0.2, 0.25) is 0 Å². The van der Waals surface area contributed by atoms with Crippen LogP contribution >= 0.6 is 0 Å². The topological polar surface area (TPSA) is 106 Å². The average Bonchev–Trinajstić information content (AvgIpc) is 3.09. The molecule has 164 valence electrons. The van der Waals surface area contributed by atoms with Crippen LogP contribution in [0.1, 0.15) is 25.0 Å². The first-order valence-corrected chi connectivity index (χ1v) is 11.8. The molecule has 2 aromatic carbocycles. The van der Waals surface area contributed by atoms with E-state index in [1.165, 1.54) is 4.31 Å². The van der Waals surface area contributed by atoms with Crippen molar-refractivity contribution >= 4 is 26.6 Å². The number of hydrogen-bond donors (Lipinski definition) is 2. The van der Waals surface area contributed by atoms with Crippen LogP contribution in [0.5, 0.6) is 5.88 Å². The van der Waals surface area contributed by atoms with Crippen LogP contribution in [0.15, 0.2) is 40.4 Å². The van der Waals surface area contributed by atoms with E-state index in [0.29, 0.717) is 25.0 Å². The maximum atomic E-state index is 12.8. The van der Waals surface area contributed by atoms with Crippen molar-refractivity contribution in [2.75, 3.05) is 26.7 Å². The molecule has 0 spiro atoms. The highest BCUT2D eigenvalue weighted by Crippen LogP contribution is 2.43. The molecule has 2 N–H and O–H groups in total. The van der Waals surface area contributed by atoms with E-state index in [9.17, 15) is 18.4 Å².